The summed E-state index contributed by atoms with van der Waals surface area (Å²) in [6, 6.07) is 0.440. The smallest absolute Gasteiger partial charge is 0.297 e. The van der Waals surface area contributed by atoms with Gasteiger partial charge in [-0.15, -0.1) is 0 Å². The Labute approximate surface area is 83.8 Å². The lowest BCUT2D eigenvalue weighted by Gasteiger charge is -2.19. The largest absolute Gasteiger partial charge is 0.299 e. The highest BCUT2D eigenvalue weighted by Crippen LogP contribution is 2.13. The molecule has 78 valence electrons. The molecule has 0 aromatic heterocycles. The molecule has 13 heavy (non-hydrogen) atoms. The van der Waals surface area contributed by atoms with Gasteiger partial charge in [0.05, 0.1) is 0 Å². The molecule has 1 N–H and O–H groups in total. The van der Waals surface area contributed by atoms with Crippen LogP contribution in [0.2, 0.25) is 0 Å². The average Bonchev–Trinajstić information content (AvgIpc) is 2.31. The van der Waals surface area contributed by atoms with Crippen molar-refractivity contribution in [2.24, 2.45) is 0 Å². The highest BCUT2D eigenvalue weighted by molar-refractivity contribution is 8.12. The lowest BCUT2D eigenvalue weighted by Crippen LogP contribution is -2.36. The summed E-state index contributed by atoms with van der Waals surface area (Å²) in [5.74, 6) is 0. The molecule has 0 amide bonds. The molecule has 0 spiro atoms. The molecule has 1 unspecified atom stereocenters. The predicted molar refractivity (Wildman–Crippen MR) is 53.0 cm³/mol. The van der Waals surface area contributed by atoms with Gasteiger partial charge < -0.3 is 0 Å². The Bertz CT molecular complexity index is 266. The Morgan fingerprint density at radius 2 is 2.15 bits per heavy atom. The normalized spacial score (nSPS) is 25.7. The second-order valence-electron chi connectivity index (χ2n) is 3.63. The Balaban J connectivity index is 2.42. The first kappa shape index (κ1) is 11.2. The highest BCUT2D eigenvalue weighted by atomic mass is 35.7. The number of halogens is 1. The van der Waals surface area contributed by atoms with Gasteiger partial charge in [-0.1, -0.05) is 0 Å². The van der Waals surface area contributed by atoms with E-state index in [1.54, 1.807) is 0 Å². The van der Waals surface area contributed by atoms with Crippen LogP contribution in [0.4, 0.5) is 0 Å². The van der Waals surface area contributed by atoms with Gasteiger partial charge in [0.15, 0.2) is 0 Å². The molecule has 1 fully saturated rings. The first-order valence-corrected chi connectivity index (χ1v) is 6.65. The molecule has 0 radical (unpaired) electrons. The van der Waals surface area contributed by atoms with Crippen LogP contribution in [0.25, 0.3) is 0 Å². The third-order valence-corrected chi connectivity index (χ3v) is 3.14. The molecule has 0 aromatic rings. The van der Waals surface area contributed by atoms with Gasteiger partial charge in [0.2, 0.25) is 0 Å². The van der Waals surface area contributed by atoms with E-state index in [4.69, 9.17) is 10.7 Å². The zero-order valence-corrected chi connectivity index (χ0v) is 9.40. The molecule has 1 heterocycles. The van der Waals surface area contributed by atoms with Crippen molar-refractivity contribution in [3.05, 3.63) is 0 Å². The van der Waals surface area contributed by atoms with E-state index in [0.29, 0.717) is 6.04 Å². The van der Waals surface area contributed by atoms with Crippen molar-refractivity contribution >= 4 is 19.9 Å². The van der Waals surface area contributed by atoms with Crippen LogP contribution in [0.5, 0.6) is 0 Å². The zero-order valence-electron chi connectivity index (χ0n) is 7.83. The molecule has 1 atom stereocenters. The predicted octanol–water partition coefficient (Wildman–Crippen LogP) is 0.542. The molecular weight excluding hydrogens is 212 g/mol. The molecule has 0 saturated carbocycles. The van der Waals surface area contributed by atoms with E-state index in [9.17, 15) is 8.42 Å². The molecule has 0 aliphatic carbocycles. The van der Waals surface area contributed by atoms with Gasteiger partial charge in [0.1, 0.15) is 0 Å². The van der Waals surface area contributed by atoms with Gasteiger partial charge in [-0.25, -0.2) is 0 Å². The third-order valence-electron chi connectivity index (χ3n) is 2.26. The summed E-state index contributed by atoms with van der Waals surface area (Å²) in [5, 5.41) is 0. The van der Waals surface area contributed by atoms with E-state index in [-0.39, 0.29) is 6.04 Å². The van der Waals surface area contributed by atoms with Crippen LogP contribution in [0.3, 0.4) is 0 Å². The number of nitrogens with zero attached hydrogens (tertiary/aromatic N) is 1. The second kappa shape index (κ2) is 4.13. The maximum absolute atomic E-state index is 10.7. The minimum atomic E-state index is -3.56. The molecule has 6 heteroatoms. The maximum Gasteiger partial charge on any atom is 0.297 e. The number of rotatable bonds is 3. The molecular formula is C7H15ClN2O2S. The summed E-state index contributed by atoms with van der Waals surface area (Å²) in [5.41, 5.74) is 0. The Kier molecular flexibility index (Phi) is 3.57. The number of nitrogens with one attached hydrogen (secondary N) is 1. The fraction of sp³-hybridized carbons (Fsp3) is 1.00. The first-order valence-electron chi connectivity index (χ1n) is 4.34. The zero-order chi connectivity index (χ0) is 10.1. The lowest BCUT2D eigenvalue weighted by molar-refractivity contribution is 0.271. The summed E-state index contributed by atoms with van der Waals surface area (Å²) >= 11 is 0. The fourth-order valence-corrected chi connectivity index (χ4v) is 2.52. The van der Waals surface area contributed by atoms with E-state index in [0.717, 1.165) is 19.5 Å². The van der Waals surface area contributed by atoms with Crippen molar-refractivity contribution in [3.8, 4) is 0 Å². The third kappa shape index (κ3) is 3.81. The molecule has 0 aromatic carbocycles. The van der Waals surface area contributed by atoms with E-state index in [1.807, 2.05) is 0 Å². The summed E-state index contributed by atoms with van der Waals surface area (Å²) in [7, 11) is 1.52. The number of hydrogen-bond acceptors (Lipinski definition) is 3. The van der Waals surface area contributed by atoms with Crippen LogP contribution in [-0.4, -0.2) is 38.5 Å². The minimum absolute atomic E-state index is 0.0232. The minimum Gasteiger partial charge on any atom is -0.299 e. The summed E-state index contributed by atoms with van der Waals surface area (Å²) in [6.07, 6.45) is 0.837. The molecule has 1 aliphatic heterocycles. The van der Waals surface area contributed by atoms with Gasteiger partial charge in [0.25, 0.3) is 9.24 Å². The van der Waals surface area contributed by atoms with Crippen LogP contribution >= 0.6 is 10.7 Å². The Hall–Kier alpha value is 0.160. The van der Waals surface area contributed by atoms with Crippen LogP contribution < -0.4 is 4.72 Å². The quantitative estimate of drug-likeness (QED) is 0.715. The van der Waals surface area contributed by atoms with Crippen molar-refractivity contribution in [3.63, 3.8) is 0 Å². The van der Waals surface area contributed by atoms with Gasteiger partial charge in [-0.3, -0.25) is 4.90 Å². The molecule has 1 rings (SSSR count). The topological polar surface area (TPSA) is 49.4 Å². The number of hydrogen-bond donors (Lipinski definition) is 1. The van der Waals surface area contributed by atoms with Crippen LogP contribution in [0.1, 0.15) is 20.3 Å². The van der Waals surface area contributed by atoms with E-state index in [2.05, 4.69) is 23.5 Å². The van der Waals surface area contributed by atoms with Crippen molar-refractivity contribution in [1.29, 1.82) is 0 Å². The summed E-state index contributed by atoms with van der Waals surface area (Å²) < 4.78 is 23.8. The summed E-state index contributed by atoms with van der Waals surface area (Å²) in [6.45, 7) is 5.88. The first-order chi connectivity index (χ1) is 5.88. The van der Waals surface area contributed by atoms with Crippen molar-refractivity contribution < 1.29 is 8.42 Å². The molecule has 1 aliphatic rings. The van der Waals surface area contributed by atoms with Crippen molar-refractivity contribution in [2.75, 3.05) is 13.1 Å². The van der Waals surface area contributed by atoms with E-state index >= 15 is 0 Å². The standard InChI is InChI=1S/C7H15ClN2O2S/c1-6(2)10-4-3-7(5-10)9-13(8,11)12/h6-7,9H,3-5H2,1-2H3. The SMILES string of the molecule is CC(C)N1CCC(NS(=O)(=O)Cl)C1. The van der Waals surface area contributed by atoms with Crippen LogP contribution in [0, 0.1) is 0 Å². The van der Waals surface area contributed by atoms with Crippen molar-refractivity contribution in [1.82, 2.24) is 9.62 Å². The summed E-state index contributed by atoms with van der Waals surface area (Å²) in [4.78, 5) is 2.22. The van der Waals surface area contributed by atoms with Gasteiger partial charge in [-0.2, -0.15) is 13.1 Å². The molecule has 1 saturated heterocycles. The van der Waals surface area contributed by atoms with Crippen LogP contribution in [-0.2, 0) is 9.24 Å². The van der Waals surface area contributed by atoms with Gasteiger partial charge >= 0.3 is 0 Å². The van der Waals surface area contributed by atoms with Crippen LogP contribution in [0.15, 0.2) is 0 Å². The average molecular weight is 227 g/mol. The Morgan fingerprint density at radius 1 is 1.54 bits per heavy atom. The van der Waals surface area contributed by atoms with E-state index < -0.39 is 9.24 Å². The Morgan fingerprint density at radius 3 is 2.54 bits per heavy atom. The maximum atomic E-state index is 10.7. The van der Waals surface area contributed by atoms with E-state index in [1.165, 1.54) is 0 Å². The monoisotopic (exact) mass is 226 g/mol. The molecule has 0 bridgehead atoms. The number of likely N-dealkylation sites (tertiary alicyclic amines) is 1. The van der Waals surface area contributed by atoms with Crippen molar-refractivity contribution in [2.45, 2.75) is 32.4 Å². The van der Waals surface area contributed by atoms with Gasteiger partial charge in [-0.05, 0) is 20.3 Å². The highest BCUT2D eigenvalue weighted by Gasteiger charge is 2.26. The fourth-order valence-electron chi connectivity index (χ4n) is 1.55. The second-order valence-corrected chi connectivity index (χ2v) is 5.96. The molecule has 4 nitrogen and oxygen atoms in total. The lowest BCUT2D eigenvalue weighted by atomic mass is 10.3. The van der Waals surface area contributed by atoms with Gasteiger partial charge in [0, 0.05) is 35.9 Å².